The molecule has 20 heavy (non-hydrogen) atoms. The molecule has 0 saturated heterocycles. The molecule has 0 aliphatic heterocycles. The fourth-order valence-corrected chi connectivity index (χ4v) is 2.01. The SMILES string of the molecule is COc1ccc(CNCc2ccc(N(C)C)cc2)cc1. The van der Waals surface area contributed by atoms with Crippen molar-refractivity contribution in [1.29, 1.82) is 0 Å². The molecule has 0 fully saturated rings. The predicted molar refractivity (Wildman–Crippen MR) is 84.3 cm³/mol. The number of ether oxygens (including phenoxy) is 1. The van der Waals surface area contributed by atoms with Crippen molar-refractivity contribution in [3.8, 4) is 5.75 Å². The first-order chi connectivity index (χ1) is 9.69. The van der Waals surface area contributed by atoms with E-state index in [1.165, 1.54) is 16.8 Å². The highest BCUT2D eigenvalue weighted by atomic mass is 16.5. The summed E-state index contributed by atoms with van der Waals surface area (Å²) in [6.45, 7) is 1.74. The Balaban J connectivity index is 1.82. The number of nitrogens with one attached hydrogen (secondary N) is 1. The van der Waals surface area contributed by atoms with Crippen LogP contribution in [-0.4, -0.2) is 21.2 Å². The molecule has 0 radical (unpaired) electrons. The van der Waals surface area contributed by atoms with Gasteiger partial charge in [0.1, 0.15) is 5.75 Å². The van der Waals surface area contributed by atoms with Crippen molar-refractivity contribution in [2.24, 2.45) is 0 Å². The Morgan fingerprint density at radius 2 is 1.35 bits per heavy atom. The maximum absolute atomic E-state index is 5.15. The van der Waals surface area contributed by atoms with Gasteiger partial charge in [-0.25, -0.2) is 0 Å². The Morgan fingerprint density at radius 3 is 1.80 bits per heavy atom. The second-order valence-electron chi connectivity index (χ2n) is 5.01. The quantitative estimate of drug-likeness (QED) is 0.873. The number of hydrogen-bond acceptors (Lipinski definition) is 3. The molecule has 3 heteroatoms. The molecule has 0 atom stereocenters. The number of hydrogen-bond donors (Lipinski definition) is 1. The fraction of sp³-hybridized carbons (Fsp3) is 0.294. The minimum absolute atomic E-state index is 0.861. The normalized spacial score (nSPS) is 10.3. The van der Waals surface area contributed by atoms with Crippen LogP contribution in [-0.2, 0) is 13.1 Å². The molecule has 2 rings (SSSR count). The summed E-state index contributed by atoms with van der Waals surface area (Å²) in [5.41, 5.74) is 3.78. The Kier molecular flexibility index (Phi) is 5.02. The van der Waals surface area contributed by atoms with Gasteiger partial charge in [-0.15, -0.1) is 0 Å². The van der Waals surface area contributed by atoms with Crippen LogP contribution in [0, 0.1) is 0 Å². The van der Waals surface area contributed by atoms with E-state index < -0.39 is 0 Å². The monoisotopic (exact) mass is 270 g/mol. The van der Waals surface area contributed by atoms with E-state index in [-0.39, 0.29) is 0 Å². The average Bonchev–Trinajstić information content (AvgIpc) is 2.48. The Morgan fingerprint density at radius 1 is 0.850 bits per heavy atom. The molecule has 106 valence electrons. The largest absolute Gasteiger partial charge is 0.497 e. The van der Waals surface area contributed by atoms with Crippen molar-refractivity contribution >= 4 is 5.69 Å². The Labute approximate surface area is 121 Å². The first-order valence-corrected chi connectivity index (χ1v) is 6.79. The molecule has 2 aromatic rings. The van der Waals surface area contributed by atoms with Gasteiger partial charge in [0, 0.05) is 32.9 Å². The van der Waals surface area contributed by atoms with E-state index in [1.54, 1.807) is 7.11 Å². The summed E-state index contributed by atoms with van der Waals surface area (Å²) in [7, 11) is 5.79. The van der Waals surface area contributed by atoms with Gasteiger partial charge in [-0.05, 0) is 35.4 Å². The highest BCUT2D eigenvalue weighted by Crippen LogP contribution is 2.13. The van der Waals surface area contributed by atoms with Crippen LogP contribution in [0.5, 0.6) is 5.75 Å². The lowest BCUT2D eigenvalue weighted by molar-refractivity contribution is 0.414. The van der Waals surface area contributed by atoms with Crippen LogP contribution >= 0.6 is 0 Å². The minimum atomic E-state index is 0.861. The first-order valence-electron chi connectivity index (χ1n) is 6.79. The lowest BCUT2D eigenvalue weighted by atomic mass is 10.2. The van der Waals surface area contributed by atoms with E-state index in [9.17, 15) is 0 Å². The van der Waals surface area contributed by atoms with E-state index in [0.717, 1.165) is 18.8 Å². The van der Waals surface area contributed by atoms with E-state index in [4.69, 9.17) is 4.74 Å². The summed E-state index contributed by atoms with van der Waals surface area (Å²) in [6.07, 6.45) is 0. The van der Waals surface area contributed by atoms with E-state index in [1.807, 2.05) is 12.1 Å². The molecule has 2 aromatic carbocycles. The zero-order valence-corrected chi connectivity index (χ0v) is 12.4. The van der Waals surface area contributed by atoms with Crippen LogP contribution in [0.4, 0.5) is 5.69 Å². The lowest BCUT2D eigenvalue weighted by Crippen LogP contribution is -2.13. The van der Waals surface area contributed by atoms with E-state index >= 15 is 0 Å². The molecular weight excluding hydrogens is 248 g/mol. The Bertz CT molecular complexity index is 518. The van der Waals surface area contributed by atoms with Crippen molar-refractivity contribution in [2.75, 3.05) is 26.1 Å². The molecule has 1 N–H and O–H groups in total. The fourth-order valence-electron chi connectivity index (χ4n) is 2.01. The van der Waals surface area contributed by atoms with Gasteiger partial charge in [0.25, 0.3) is 0 Å². The van der Waals surface area contributed by atoms with Crippen LogP contribution in [0.3, 0.4) is 0 Å². The molecular formula is C17H22N2O. The summed E-state index contributed by atoms with van der Waals surface area (Å²) < 4.78 is 5.15. The molecule has 0 aliphatic rings. The van der Waals surface area contributed by atoms with Crippen molar-refractivity contribution in [3.05, 3.63) is 59.7 Å². The molecule has 0 saturated carbocycles. The van der Waals surface area contributed by atoms with Crippen LogP contribution in [0.2, 0.25) is 0 Å². The average molecular weight is 270 g/mol. The highest BCUT2D eigenvalue weighted by Gasteiger charge is 1.97. The van der Waals surface area contributed by atoms with E-state index in [2.05, 4.69) is 60.7 Å². The van der Waals surface area contributed by atoms with Gasteiger partial charge >= 0.3 is 0 Å². The molecule has 0 unspecified atom stereocenters. The third-order valence-corrected chi connectivity index (χ3v) is 3.27. The second kappa shape index (κ2) is 6.96. The molecule has 0 aromatic heterocycles. The van der Waals surface area contributed by atoms with Gasteiger partial charge in [-0.1, -0.05) is 24.3 Å². The second-order valence-corrected chi connectivity index (χ2v) is 5.01. The smallest absolute Gasteiger partial charge is 0.118 e. The standard InChI is InChI=1S/C17H22N2O/c1-19(2)16-8-4-14(5-9-16)12-18-13-15-6-10-17(20-3)11-7-15/h4-11,18H,12-13H2,1-3H3. The zero-order valence-electron chi connectivity index (χ0n) is 12.4. The summed E-state index contributed by atoms with van der Waals surface area (Å²) in [4.78, 5) is 2.11. The Hall–Kier alpha value is -2.00. The number of rotatable bonds is 6. The number of benzene rings is 2. The topological polar surface area (TPSA) is 24.5 Å². The van der Waals surface area contributed by atoms with Gasteiger partial charge in [0.15, 0.2) is 0 Å². The summed E-state index contributed by atoms with van der Waals surface area (Å²) in [5.74, 6) is 0.896. The number of methoxy groups -OCH3 is 1. The van der Waals surface area contributed by atoms with Gasteiger partial charge in [0.2, 0.25) is 0 Å². The minimum Gasteiger partial charge on any atom is -0.497 e. The third kappa shape index (κ3) is 4.00. The molecule has 0 heterocycles. The maximum Gasteiger partial charge on any atom is 0.118 e. The van der Waals surface area contributed by atoms with Crippen LogP contribution in [0.1, 0.15) is 11.1 Å². The van der Waals surface area contributed by atoms with E-state index in [0.29, 0.717) is 0 Å². The summed E-state index contributed by atoms with van der Waals surface area (Å²) in [5, 5.41) is 3.45. The van der Waals surface area contributed by atoms with Gasteiger partial charge < -0.3 is 15.0 Å². The predicted octanol–water partition coefficient (Wildman–Crippen LogP) is 3.05. The molecule has 3 nitrogen and oxygen atoms in total. The highest BCUT2D eigenvalue weighted by molar-refractivity contribution is 5.45. The van der Waals surface area contributed by atoms with Crippen molar-refractivity contribution in [1.82, 2.24) is 5.32 Å². The van der Waals surface area contributed by atoms with Crippen LogP contribution in [0.15, 0.2) is 48.5 Å². The molecule has 0 spiro atoms. The van der Waals surface area contributed by atoms with Crippen LogP contribution in [0.25, 0.3) is 0 Å². The maximum atomic E-state index is 5.15. The van der Waals surface area contributed by atoms with Crippen molar-refractivity contribution in [3.63, 3.8) is 0 Å². The molecule has 0 aliphatic carbocycles. The van der Waals surface area contributed by atoms with Gasteiger partial charge in [-0.3, -0.25) is 0 Å². The third-order valence-electron chi connectivity index (χ3n) is 3.27. The molecule has 0 amide bonds. The zero-order chi connectivity index (χ0) is 14.4. The van der Waals surface area contributed by atoms with Crippen LogP contribution < -0.4 is 15.0 Å². The van der Waals surface area contributed by atoms with Gasteiger partial charge in [-0.2, -0.15) is 0 Å². The lowest BCUT2D eigenvalue weighted by Gasteiger charge is -2.13. The number of nitrogens with zero attached hydrogens (tertiary/aromatic N) is 1. The summed E-state index contributed by atoms with van der Waals surface area (Å²) >= 11 is 0. The van der Waals surface area contributed by atoms with Crippen molar-refractivity contribution < 1.29 is 4.74 Å². The number of anilines is 1. The van der Waals surface area contributed by atoms with Gasteiger partial charge in [0.05, 0.1) is 7.11 Å². The van der Waals surface area contributed by atoms with Crippen molar-refractivity contribution in [2.45, 2.75) is 13.1 Å². The summed E-state index contributed by atoms with van der Waals surface area (Å²) in [6, 6.07) is 16.8. The first kappa shape index (κ1) is 14.4. The molecule has 0 bridgehead atoms.